The van der Waals surface area contributed by atoms with Crippen LogP contribution in [0.25, 0.3) is 0 Å². The summed E-state index contributed by atoms with van der Waals surface area (Å²) in [6.45, 7) is 8.63. The number of rotatable bonds is 4. The summed E-state index contributed by atoms with van der Waals surface area (Å²) in [7, 11) is 0. The van der Waals surface area contributed by atoms with E-state index in [1.54, 1.807) is 0 Å². The lowest BCUT2D eigenvalue weighted by molar-refractivity contribution is -0.105. The van der Waals surface area contributed by atoms with Gasteiger partial charge in [0.25, 0.3) is 0 Å². The first-order chi connectivity index (χ1) is 6.79. The second-order valence-corrected chi connectivity index (χ2v) is 6.34. The highest BCUT2D eigenvalue weighted by Gasteiger charge is 2.52. The van der Waals surface area contributed by atoms with Gasteiger partial charge < -0.3 is 10.2 Å². The molecule has 2 unspecified atom stereocenters. The van der Waals surface area contributed by atoms with Crippen LogP contribution >= 0.6 is 0 Å². The van der Waals surface area contributed by atoms with Crippen molar-refractivity contribution in [3.05, 3.63) is 0 Å². The Morgan fingerprint density at radius 1 is 1.27 bits per heavy atom. The van der Waals surface area contributed by atoms with Crippen molar-refractivity contribution in [3.8, 4) is 0 Å². The van der Waals surface area contributed by atoms with E-state index in [1.165, 1.54) is 0 Å². The Labute approximate surface area is 93.7 Å². The van der Waals surface area contributed by atoms with Gasteiger partial charge in [-0.2, -0.15) is 0 Å². The standard InChI is InChI=1S/C13H26O2/c1-5-6-12(4,10-14)13(15)8-7-11(2,3)9-13/h14-15H,5-10H2,1-4H3. The molecule has 0 amide bonds. The molecule has 90 valence electrons. The molecule has 0 aromatic rings. The third-order valence-electron chi connectivity index (χ3n) is 4.26. The van der Waals surface area contributed by atoms with Crippen LogP contribution in [0, 0.1) is 10.8 Å². The summed E-state index contributed by atoms with van der Waals surface area (Å²) in [6, 6.07) is 0. The third kappa shape index (κ3) is 2.36. The first-order valence-corrected chi connectivity index (χ1v) is 6.12. The summed E-state index contributed by atoms with van der Waals surface area (Å²) in [4.78, 5) is 0. The molecule has 1 aliphatic carbocycles. The molecular weight excluding hydrogens is 188 g/mol. The Morgan fingerprint density at radius 3 is 2.20 bits per heavy atom. The minimum atomic E-state index is -0.665. The summed E-state index contributed by atoms with van der Waals surface area (Å²) >= 11 is 0. The smallest absolute Gasteiger partial charge is 0.0728 e. The van der Waals surface area contributed by atoms with Crippen molar-refractivity contribution in [1.29, 1.82) is 0 Å². The third-order valence-corrected chi connectivity index (χ3v) is 4.26. The van der Waals surface area contributed by atoms with E-state index in [1.807, 2.05) is 6.92 Å². The summed E-state index contributed by atoms with van der Waals surface area (Å²) in [5.74, 6) is 0. The van der Waals surface area contributed by atoms with Crippen molar-refractivity contribution in [2.24, 2.45) is 10.8 Å². The summed E-state index contributed by atoms with van der Waals surface area (Å²) in [6.07, 6.45) is 4.62. The predicted octanol–water partition coefficient (Wildman–Crippen LogP) is 2.73. The van der Waals surface area contributed by atoms with E-state index in [9.17, 15) is 10.2 Å². The molecule has 2 N–H and O–H groups in total. The molecule has 15 heavy (non-hydrogen) atoms. The highest BCUT2D eigenvalue weighted by molar-refractivity contribution is 5.03. The Hall–Kier alpha value is -0.0800. The van der Waals surface area contributed by atoms with Gasteiger partial charge in [-0.15, -0.1) is 0 Å². The number of aliphatic hydroxyl groups is 2. The molecule has 1 rings (SSSR count). The molecule has 0 bridgehead atoms. The van der Waals surface area contributed by atoms with Crippen LogP contribution in [0.1, 0.15) is 59.8 Å². The highest BCUT2D eigenvalue weighted by atomic mass is 16.3. The SMILES string of the molecule is CCCC(C)(CO)C1(O)CCC(C)(C)C1. The lowest BCUT2D eigenvalue weighted by Gasteiger charge is -2.42. The number of hydrogen-bond acceptors (Lipinski definition) is 2. The van der Waals surface area contributed by atoms with Gasteiger partial charge in [0.1, 0.15) is 0 Å². The molecule has 1 saturated carbocycles. The van der Waals surface area contributed by atoms with Gasteiger partial charge in [-0.3, -0.25) is 0 Å². The van der Waals surface area contributed by atoms with E-state index >= 15 is 0 Å². The molecule has 0 saturated heterocycles. The number of aliphatic hydroxyl groups excluding tert-OH is 1. The van der Waals surface area contributed by atoms with Crippen LogP contribution in [0.5, 0.6) is 0 Å². The Kier molecular flexibility index (Phi) is 3.52. The van der Waals surface area contributed by atoms with Gasteiger partial charge in [0.15, 0.2) is 0 Å². The van der Waals surface area contributed by atoms with E-state index in [0.29, 0.717) is 0 Å². The van der Waals surface area contributed by atoms with E-state index in [-0.39, 0.29) is 17.4 Å². The van der Waals surface area contributed by atoms with Crippen LogP contribution in [-0.4, -0.2) is 22.4 Å². The largest absolute Gasteiger partial charge is 0.396 e. The average molecular weight is 214 g/mol. The lowest BCUT2D eigenvalue weighted by atomic mass is 9.68. The number of hydrogen-bond donors (Lipinski definition) is 2. The first-order valence-electron chi connectivity index (χ1n) is 6.12. The topological polar surface area (TPSA) is 40.5 Å². The normalized spacial score (nSPS) is 34.0. The Bertz CT molecular complexity index is 225. The molecule has 0 radical (unpaired) electrons. The quantitative estimate of drug-likeness (QED) is 0.755. The van der Waals surface area contributed by atoms with E-state index < -0.39 is 5.60 Å². The minimum absolute atomic E-state index is 0.0907. The molecule has 0 aliphatic heterocycles. The summed E-state index contributed by atoms with van der Waals surface area (Å²) in [5, 5.41) is 20.3. The van der Waals surface area contributed by atoms with Crippen molar-refractivity contribution < 1.29 is 10.2 Å². The molecule has 1 fully saturated rings. The Balaban J connectivity index is 2.85. The zero-order valence-corrected chi connectivity index (χ0v) is 10.6. The van der Waals surface area contributed by atoms with E-state index in [4.69, 9.17) is 0 Å². The first kappa shape index (κ1) is 13.0. The molecule has 2 nitrogen and oxygen atoms in total. The maximum Gasteiger partial charge on any atom is 0.0728 e. The molecule has 0 heterocycles. The molecular formula is C13H26O2. The van der Waals surface area contributed by atoms with Crippen molar-refractivity contribution in [2.45, 2.75) is 65.4 Å². The van der Waals surface area contributed by atoms with Crippen LogP contribution in [0.2, 0.25) is 0 Å². The van der Waals surface area contributed by atoms with Crippen LogP contribution in [0.4, 0.5) is 0 Å². The fourth-order valence-corrected chi connectivity index (χ4v) is 3.04. The fraction of sp³-hybridized carbons (Fsp3) is 1.00. The van der Waals surface area contributed by atoms with E-state index in [0.717, 1.165) is 32.1 Å². The van der Waals surface area contributed by atoms with Gasteiger partial charge in [-0.1, -0.05) is 34.1 Å². The minimum Gasteiger partial charge on any atom is -0.396 e. The van der Waals surface area contributed by atoms with Gasteiger partial charge in [-0.25, -0.2) is 0 Å². The zero-order chi connectivity index (χ0) is 11.7. The van der Waals surface area contributed by atoms with E-state index in [2.05, 4.69) is 20.8 Å². The Morgan fingerprint density at radius 2 is 1.87 bits per heavy atom. The van der Waals surface area contributed by atoms with Crippen molar-refractivity contribution in [3.63, 3.8) is 0 Å². The van der Waals surface area contributed by atoms with Crippen molar-refractivity contribution >= 4 is 0 Å². The van der Waals surface area contributed by atoms with Crippen LogP contribution < -0.4 is 0 Å². The van der Waals surface area contributed by atoms with Crippen LogP contribution in [-0.2, 0) is 0 Å². The van der Waals surface area contributed by atoms with Crippen LogP contribution in [0.15, 0.2) is 0 Å². The summed E-state index contributed by atoms with van der Waals surface area (Å²) < 4.78 is 0. The second-order valence-electron chi connectivity index (χ2n) is 6.34. The van der Waals surface area contributed by atoms with Gasteiger partial charge >= 0.3 is 0 Å². The van der Waals surface area contributed by atoms with Gasteiger partial charge in [-0.05, 0) is 31.1 Å². The maximum absolute atomic E-state index is 10.7. The molecule has 1 aliphatic rings. The van der Waals surface area contributed by atoms with Gasteiger partial charge in [0.05, 0.1) is 12.2 Å². The highest BCUT2D eigenvalue weighted by Crippen LogP contribution is 2.52. The zero-order valence-electron chi connectivity index (χ0n) is 10.6. The lowest BCUT2D eigenvalue weighted by Crippen LogP contribution is -2.47. The molecule has 0 aromatic heterocycles. The van der Waals surface area contributed by atoms with Gasteiger partial charge in [0, 0.05) is 5.41 Å². The fourth-order valence-electron chi connectivity index (χ4n) is 3.04. The molecule has 2 atom stereocenters. The predicted molar refractivity (Wildman–Crippen MR) is 62.7 cm³/mol. The van der Waals surface area contributed by atoms with Gasteiger partial charge in [0.2, 0.25) is 0 Å². The maximum atomic E-state index is 10.7. The summed E-state index contributed by atoms with van der Waals surface area (Å²) in [5.41, 5.74) is -0.768. The van der Waals surface area contributed by atoms with Crippen molar-refractivity contribution in [1.82, 2.24) is 0 Å². The average Bonchev–Trinajstić information content (AvgIpc) is 2.42. The van der Waals surface area contributed by atoms with Crippen molar-refractivity contribution in [2.75, 3.05) is 6.61 Å². The monoisotopic (exact) mass is 214 g/mol. The molecule has 0 aromatic carbocycles. The molecule has 0 spiro atoms. The molecule has 2 heteroatoms. The second kappa shape index (κ2) is 4.06. The van der Waals surface area contributed by atoms with Crippen LogP contribution in [0.3, 0.4) is 0 Å².